The highest BCUT2D eigenvalue weighted by Crippen LogP contribution is 2.30. The van der Waals surface area contributed by atoms with E-state index in [-0.39, 0.29) is 6.04 Å². The van der Waals surface area contributed by atoms with Gasteiger partial charge < -0.3 is 24.6 Å². The molecule has 0 spiro atoms. The zero-order valence-electron chi connectivity index (χ0n) is 19.0. The fourth-order valence-corrected chi connectivity index (χ4v) is 3.06. The van der Waals surface area contributed by atoms with Crippen molar-refractivity contribution in [1.82, 2.24) is 25.8 Å². The van der Waals surface area contributed by atoms with Crippen molar-refractivity contribution in [3.63, 3.8) is 0 Å². The molecular formula is C23H30N6O3. The van der Waals surface area contributed by atoms with Gasteiger partial charge in [-0.2, -0.15) is 4.98 Å². The van der Waals surface area contributed by atoms with Crippen molar-refractivity contribution in [2.24, 2.45) is 4.99 Å². The van der Waals surface area contributed by atoms with Gasteiger partial charge in [0.15, 0.2) is 23.3 Å². The number of nitrogens with one attached hydrogen (secondary N) is 2. The summed E-state index contributed by atoms with van der Waals surface area (Å²) in [6.07, 6.45) is 2.28. The standard InChI is InChI=1S/C23H30N6O3/c1-5-30-19-11-10-17(15-20(19)31-6-2)16(3)27-23(24-4)26-14-12-21-28-22(32-29-21)18-9-7-8-13-25-18/h7-11,13,15-16H,5-6,12,14H2,1-4H3,(H2,24,26,27). The molecule has 0 amide bonds. The van der Waals surface area contributed by atoms with Crippen LogP contribution in [0, 0.1) is 0 Å². The van der Waals surface area contributed by atoms with Gasteiger partial charge in [0.2, 0.25) is 0 Å². The van der Waals surface area contributed by atoms with E-state index in [1.54, 1.807) is 13.2 Å². The molecule has 0 aliphatic carbocycles. The third kappa shape index (κ3) is 6.19. The molecular weight excluding hydrogens is 408 g/mol. The van der Waals surface area contributed by atoms with E-state index in [0.29, 0.717) is 49.5 Å². The number of hydrogen-bond acceptors (Lipinski definition) is 7. The second-order valence-electron chi connectivity index (χ2n) is 6.92. The molecule has 0 fully saturated rings. The van der Waals surface area contributed by atoms with Crippen molar-refractivity contribution < 1.29 is 14.0 Å². The molecule has 1 aromatic carbocycles. The van der Waals surface area contributed by atoms with E-state index >= 15 is 0 Å². The molecule has 3 rings (SSSR count). The van der Waals surface area contributed by atoms with E-state index in [1.807, 2.05) is 50.2 Å². The number of benzene rings is 1. The summed E-state index contributed by atoms with van der Waals surface area (Å²) in [4.78, 5) is 12.9. The summed E-state index contributed by atoms with van der Waals surface area (Å²) < 4.78 is 16.7. The zero-order valence-corrected chi connectivity index (χ0v) is 19.0. The highest BCUT2D eigenvalue weighted by Gasteiger charge is 2.13. The lowest BCUT2D eigenvalue weighted by Crippen LogP contribution is -2.39. The van der Waals surface area contributed by atoms with Crippen LogP contribution in [0.5, 0.6) is 11.5 Å². The Morgan fingerprint density at radius 3 is 2.66 bits per heavy atom. The summed E-state index contributed by atoms with van der Waals surface area (Å²) in [5.41, 5.74) is 1.73. The monoisotopic (exact) mass is 438 g/mol. The maximum absolute atomic E-state index is 5.73. The number of aliphatic imine (C=N–C) groups is 1. The minimum Gasteiger partial charge on any atom is -0.490 e. The molecule has 0 saturated heterocycles. The molecule has 0 bridgehead atoms. The first-order chi connectivity index (χ1) is 15.6. The predicted octanol–water partition coefficient (Wildman–Crippen LogP) is 3.40. The Labute approximate surface area is 188 Å². The quantitative estimate of drug-likeness (QED) is 0.366. The second-order valence-corrected chi connectivity index (χ2v) is 6.92. The number of aromatic nitrogens is 3. The van der Waals surface area contributed by atoms with Gasteiger partial charge in [-0.05, 0) is 50.6 Å². The maximum Gasteiger partial charge on any atom is 0.276 e. The summed E-state index contributed by atoms with van der Waals surface area (Å²) >= 11 is 0. The van der Waals surface area contributed by atoms with Crippen LogP contribution in [0.4, 0.5) is 0 Å². The molecule has 9 nitrogen and oxygen atoms in total. The summed E-state index contributed by atoms with van der Waals surface area (Å²) in [5.74, 6) is 3.19. The van der Waals surface area contributed by atoms with Gasteiger partial charge in [0.1, 0.15) is 5.69 Å². The van der Waals surface area contributed by atoms with Gasteiger partial charge in [0.05, 0.1) is 19.3 Å². The highest BCUT2D eigenvalue weighted by molar-refractivity contribution is 5.80. The Bertz CT molecular complexity index is 1010. The summed E-state index contributed by atoms with van der Waals surface area (Å²) in [5, 5.41) is 10.7. The van der Waals surface area contributed by atoms with Gasteiger partial charge in [0, 0.05) is 26.2 Å². The van der Waals surface area contributed by atoms with Gasteiger partial charge in [0.25, 0.3) is 5.89 Å². The predicted molar refractivity (Wildman–Crippen MR) is 123 cm³/mol. The molecule has 0 radical (unpaired) electrons. The van der Waals surface area contributed by atoms with Crippen LogP contribution in [0.25, 0.3) is 11.6 Å². The number of nitrogens with zero attached hydrogens (tertiary/aromatic N) is 4. The second kappa shape index (κ2) is 11.7. The molecule has 2 aromatic heterocycles. The average Bonchev–Trinajstić information content (AvgIpc) is 3.29. The lowest BCUT2D eigenvalue weighted by molar-refractivity contribution is 0.287. The Balaban J connectivity index is 1.54. The van der Waals surface area contributed by atoms with Crippen molar-refractivity contribution in [1.29, 1.82) is 0 Å². The Kier molecular flexibility index (Phi) is 8.42. The summed E-state index contributed by atoms with van der Waals surface area (Å²) in [7, 11) is 1.74. The first-order valence-corrected chi connectivity index (χ1v) is 10.7. The molecule has 2 heterocycles. The Hall–Kier alpha value is -3.62. The van der Waals surface area contributed by atoms with Crippen LogP contribution in [0.3, 0.4) is 0 Å². The van der Waals surface area contributed by atoms with E-state index in [4.69, 9.17) is 14.0 Å². The van der Waals surface area contributed by atoms with Crippen LogP contribution in [-0.4, -0.2) is 47.9 Å². The molecule has 170 valence electrons. The van der Waals surface area contributed by atoms with Crippen LogP contribution in [0.1, 0.15) is 38.2 Å². The Morgan fingerprint density at radius 1 is 1.12 bits per heavy atom. The zero-order chi connectivity index (χ0) is 22.8. The summed E-state index contributed by atoms with van der Waals surface area (Å²) in [6.45, 7) is 7.74. The molecule has 2 N–H and O–H groups in total. The van der Waals surface area contributed by atoms with Gasteiger partial charge in [-0.15, -0.1) is 0 Å². The fourth-order valence-electron chi connectivity index (χ4n) is 3.06. The average molecular weight is 439 g/mol. The smallest absolute Gasteiger partial charge is 0.276 e. The van der Waals surface area contributed by atoms with Gasteiger partial charge in [-0.3, -0.25) is 9.98 Å². The van der Waals surface area contributed by atoms with E-state index < -0.39 is 0 Å². The molecule has 9 heteroatoms. The fraction of sp³-hybridized carbons (Fsp3) is 0.391. The third-order valence-corrected chi connectivity index (χ3v) is 4.64. The first kappa shape index (κ1) is 23.1. The lowest BCUT2D eigenvalue weighted by Gasteiger charge is -2.20. The van der Waals surface area contributed by atoms with E-state index in [2.05, 4.69) is 37.7 Å². The minimum absolute atomic E-state index is 0.0111. The van der Waals surface area contributed by atoms with E-state index in [1.165, 1.54) is 0 Å². The number of guanidine groups is 1. The number of pyridine rings is 1. The van der Waals surface area contributed by atoms with Crippen LogP contribution in [0.2, 0.25) is 0 Å². The first-order valence-electron chi connectivity index (χ1n) is 10.7. The molecule has 1 atom stereocenters. The largest absolute Gasteiger partial charge is 0.490 e. The van der Waals surface area contributed by atoms with Crippen molar-refractivity contribution in [3.8, 4) is 23.1 Å². The van der Waals surface area contributed by atoms with Gasteiger partial charge in [-0.1, -0.05) is 17.3 Å². The number of ether oxygens (including phenoxy) is 2. The van der Waals surface area contributed by atoms with Crippen molar-refractivity contribution in [2.45, 2.75) is 33.2 Å². The SMILES string of the molecule is CCOc1ccc(C(C)NC(=NC)NCCc2noc(-c3ccccn3)n2)cc1OCC. The molecule has 0 aliphatic rings. The summed E-state index contributed by atoms with van der Waals surface area (Å²) in [6, 6.07) is 11.5. The lowest BCUT2D eigenvalue weighted by atomic mass is 10.1. The number of rotatable bonds is 10. The normalized spacial score (nSPS) is 12.3. The van der Waals surface area contributed by atoms with E-state index in [0.717, 1.165) is 17.1 Å². The molecule has 3 aromatic rings. The molecule has 0 saturated carbocycles. The van der Waals surface area contributed by atoms with Crippen molar-refractivity contribution in [3.05, 3.63) is 54.0 Å². The van der Waals surface area contributed by atoms with Crippen LogP contribution < -0.4 is 20.1 Å². The topological polar surface area (TPSA) is 107 Å². The Morgan fingerprint density at radius 2 is 1.94 bits per heavy atom. The minimum atomic E-state index is 0.0111. The maximum atomic E-state index is 5.73. The third-order valence-electron chi connectivity index (χ3n) is 4.64. The molecule has 32 heavy (non-hydrogen) atoms. The number of hydrogen-bond donors (Lipinski definition) is 2. The van der Waals surface area contributed by atoms with Crippen LogP contribution >= 0.6 is 0 Å². The van der Waals surface area contributed by atoms with Crippen molar-refractivity contribution >= 4 is 5.96 Å². The van der Waals surface area contributed by atoms with E-state index in [9.17, 15) is 0 Å². The van der Waals surface area contributed by atoms with Gasteiger partial charge >= 0.3 is 0 Å². The molecule has 0 aliphatic heterocycles. The van der Waals surface area contributed by atoms with Crippen LogP contribution in [-0.2, 0) is 6.42 Å². The van der Waals surface area contributed by atoms with Gasteiger partial charge in [-0.25, -0.2) is 0 Å². The van der Waals surface area contributed by atoms with Crippen molar-refractivity contribution in [2.75, 3.05) is 26.8 Å². The molecule has 1 unspecified atom stereocenters. The highest BCUT2D eigenvalue weighted by atomic mass is 16.5. The van der Waals surface area contributed by atoms with Crippen LogP contribution in [0.15, 0.2) is 52.1 Å².